The van der Waals surface area contributed by atoms with Gasteiger partial charge in [0.05, 0.1) is 24.1 Å². The summed E-state index contributed by atoms with van der Waals surface area (Å²) in [6.07, 6.45) is -1.18. The highest BCUT2D eigenvalue weighted by Gasteiger charge is 2.30. The number of aromatic nitrogens is 2. The summed E-state index contributed by atoms with van der Waals surface area (Å²) in [5.74, 6) is 1.03. The summed E-state index contributed by atoms with van der Waals surface area (Å²) in [6, 6.07) is 11.0. The van der Waals surface area contributed by atoms with Crippen LogP contribution in [-0.2, 0) is 29.3 Å². The van der Waals surface area contributed by atoms with Gasteiger partial charge in [-0.2, -0.15) is 17.5 Å². The van der Waals surface area contributed by atoms with E-state index < -0.39 is 21.8 Å². The predicted octanol–water partition coefficient (Wildman–Crippen LogP) is 3.71. The van der Waals surface area contributed by atoms with E-state index in [1.54, 1.807) is 29.1 Å². The zero-order valence-corrected chi connectivity index (χ0v) is 20.0. The molecule has 0 aliphatic rings. The lowest BCUT2D eigenvalue weighted by molar-refractivity contribution is -0.137. The maximum Gasteiger partial charge on any atom is 0.416 e. The molecule has 0 bridgehead atoms. The minimum absolute atomic E-state index is 0.00976. The average Bonchev–Trinajstić information content (AvgIpc) is 3.22. The highest BCUT2D eigenvalue weighted by Crippen LogP contribution is 2.29. The molecule has 0 spiro atoms. The van der Waals surface area contributed by atoms with E-state index in [1.165, 1.54) is 35.7 Å². The van der Waals surface area contributed by atoms with Crippen LogP contribution >= 0.6 is 0 Å². The zero-order chi connectivity index (χ0) is 24.9. The molecule has 0 aliphatic carbocycles. The van der Waals surface area contributed by atoms with E-state index in [0.717, 1.165) is 12.1 Å². The Kier molecular flexibility index (Phi) is 8.01. The first-order chi connectivity index (χ1) is 16.0. The average molecular weight is 497 g/mol. The van der Waals surface area contributed by atoms with Gasteiger partial charge in [0, 0.05) is 32.0 Å². The minimum atomic E-state index is -4.40. The molecular weight excluding hydrogens is 469 g/mol. The Labute approximate surface area is 197 Å². The second-order valence-electron chi connectivity index (χ2n) is 7.98. The van der Waals surface area contributed by atoms with Crippen molar-refractivity contribution in [3.05, 3.63) is 77.9 Å². The third kappa shape index (κ3) is 6.37. The number of methoxy groups -OCH3 is 1. The lowest BCUT2D eigenvalue weighted by Gasteiger charge is -2.24. The van der Waals surface area contributed by atoms with Crippen molar-refractivity contribution in [3.8, 4) is 5.75 Å². The molecule has 11 heteroatoms. The van der Waals surface area contributed by atoms with E-state index in [-0.39, 0.29) is 24.5 Å². The molecule has 3 rings (SSSR count). The normalized spacial score (nSPS) is 12.5. The highest BCUT2D eigenvalue weighted by atomic mass is 32.2. The van der Waals surface area contributed by atoms with Gasteiger partial charge in [-0.3, -0.25) is 0 Å². The number of rotatable bonds is 10. The van der Waals surface area contributed by atoms with E-state index in [9.17, 15) is 21.6 Å². The fourth-order valence-electron chi connectivity index (χ4n) is 3.28. The molecule has 0 aliphatic heterocycles. The van der Waals surface area contributed by atoms with Gasteiger partial charge >= 0.3 is 6.18 Å². The standard InChI is InChI=1S/C23H27F3N4O3S/c1-28(2)14-15-30(34(31,32)21-10-8-20(33-3)9-11-21)17-22-27-12-13-29(22)16-18-4-6-19(7-5-18)23(24,25)26/h4-13H,14-17H2,1-3H3. The summed E-state index contributed by atoms with van der Waals surface area (Å²) in [4.78, 5) is 6.33. The van der Waals surface area contributed by atoms with E-state index in [4.69, 9.17) is 4.74 Å². The van der Waals surface area contributed by atoms with Crippen molar-refractivity contribution in [3.63, 3.8) is 0 Å². The fourth-order valence-corrected chi connectivity index (χ4v) is 4.67. The zero-order valence-electron chi connectivity index (χ0n) is 19.2. The van der Waals surface area contributed by atoms with Gasteiger partial charge in [-0.05, 0) is 56.1 Å². The molecule has 0 unspecified atom stereocenters. The molecule has 34 heavy (non-hydrogen) atoms. The van der Waals surface area contributed by atoms with Crippen LogP contribution in [0.5, 0.6) is 5.75 Å². The second kappa shape index (κ2) is 10.6. The van der Waals surface area contributed by atoms with Crippen molar-refractivity contribution in [2.24, 2.45) is 0 Å². The van der Waals surface area contributed by atoms with Crippen LogP contribution in [-0.4, -0.2) is 61.5 Å². The number of nitrogens with zero attached hydrogens (tertiary/aromatic N) is 4. The minimum Gasteiger partial charge on any atom is -0.497 e. The molecule has 1 aromatic heterocycles. The largest absolute Gasteiger partial charge is 0.497 e. The van der Waals surface area contributed by atoms with E-state index in [1.807, 2.05) is 19.0 Å². The number of benzene rings is 2. The van der Waals surface area contributed by atoms with Crippen molar-refractivity contribution in [1.29, 1.82) is 0 Å². The number of imidazole rings is 1. The molecule has 2 aromatic carbocycles. The molecule has 0 radical (unpaired) electrons. The maximum atomic E-state index is 13.4. The molecule has 0 saturated heterocycles. The third-order valence-corrected chi connectivity index (χ3v) is 7.11. The van der Waals surface area contributed by atoms with Crippen LogP contribution in [0.1, 0.15) is 17.0 Å². The van der Waals surface area contributed by atoms with Crippen LogP contribution in [0.15, 0.2) is 65.8 Å². The molecule has 3 aromatic rings. The van der Waals surface area contributed by atoms with E-state index in [2.05, 4.69) is 4.98 Å². The molecule has 0 atom stereocenters. The lowest BCUT2D eigenvalue weighted by atomic mass is 10.1. The van der Waals surface area contributed by atoms with Gasteiger partial charge in [0.25, 0.3) is 0 Å². The van der Waals surface area contributed by atoms with Crippen LogP contribution in [0.25, 0.3) is 0 Å². The van der Waals surface area contributed by atoms with Gasteiger partial charge < -0.3 is 14.2 Å². The number of likely N-dealkylation sites (N-methyl/N-ethyl adjacent to an activating group) is 1. The van der Waals surface area contributed by atoms with E-state index in [0.29, 0.717) is 23.7 Å². The van der Waals surface area contributed by atoms with Crippen LogP contribution in [0.4, 0.5) is 13.2 Å². The van der Waals surface area contributed by atoms with Gasteiger partial charge in [-0.1, -0.05) is 12.1 Å². The maximum absolute atomic E-state index is 13.4. The van der Waals surface area contributed by atoms with Crippen molar-refractivity contribution in [2.75, 3.05) is 34.3 Å². The third-order valence-electron chi connectivity index (χ3n) is 5.25. The summed E-state index contributed by atoms with van der Waals surface area (Å²) in [7, 11) is 1.37. The molecule has 0 saturated carbocycles. The lowest BCUT2D eigenvalue weighted by Crippen LogP contribution is -2.37. The summed E-state index contributed by atoms with van der Waals surface area (Å²) >= 11 is 0. The SMILES string of the molecule is COc1ccc(S(=O)(=O)N(CCN(C)C)Cc2nccn2Cc2ccc(C(F)(F)F)cc2)cc1. The van der Waals surface area contributed by atoms with Crippen LogP contribution in [0.2, 0.25) is 0 Å². The molecular formula is C23H27F3N4O3S. The number of ether oxygens (including phenoxy) is 1. The van der Waals surface area contributed by atoms with Crippen LogP contribution in [0.3, 0.4) is 0 Å². The Bertz CT molecular complexity index is 1180. The number of sulfonamides is 1. The van der Waals surface area contributed by atoms with Gasteiger partial charge in [0.1, 0.15) is 11.6 Å². The highest BCUT2D eigenvalue weighted by molar-refractivity contribution is 7.89. The number of hydrogen-bond donors (Lipinski definition) is 0. The van der Waals surface area contributed by atoms with Gasteiger partial charge in [0.2, 0.25) is 10.0 Å². The molecule has 0 N–H and O–H groups in total. The predicted molar refractivity (Wildman–Crippen MR) is 122 cm³/mol. The van der Waals surface area contributed by atoms with Gasteiger partial charge in [0.15, 0.2) is 0 Å². The smallest absolute Gasteiger partial charge is 0.416 e. The Balaban J connectivity index is 1.84. The number of hydrogen-bond acceptors (Lipinski definition) is 5. The first kappa shape index (κ1) is 25.7. The number of alkyl halides is 3. The first-order valence-corrected chi connectivity index (χ1v) is 11.9. The molecule has 184 valence electrons. The molecule has 0 amide bonds. The van der Waals surface area contributed by atoms with Gasteiger partial charge in [-0.25, -0.2) is 13.4 Å². The van der Waals surface area contributed by atoms with Crippen molar-refractivity contribution in [2.45, 2.75) is 24.2 Å². The molecule has 1 heterocycles. The van der Waals surface area contributed by atoms with Crippen molar-refractivity contribution < 1.29 is 26.3 Å². The molecule has 7 nitrogen and oxygen atoms in total. The monoisotopic (exact) mass is 496 g/mol. The van der Waals surface area contributed by atoms with Crippen LogP contribution < -0.4 is 4.74 Å². The molecule has 0 fully saturated rings. The summed E-state index contributed by atoms with van der Waals surface area (Å²) in [6.45, 7) is 0.997. The summed E-state index contributed by atoms with van der Waals surface area (Å²) < 4.78 is 73.5. The second-order valence-corrected chi connectivity index (χ2v) is 9.92. The summed E-state index contributed by atoms with van der Waals surface area (Å²) in [5, 5.41) is 0. The Morgan fingerprint density at radius 3 is 2.21 bits per heavy atom. The van der Waals surface area contributed by atoms with E-state index >= 15 is 0 Å². The van der Waals surface area contributed by atoms with Gasteiger partial charge in [-0.15, -0.1) is 0 Å². The topological polar surface area (TPSA) is 67.7 Å². The summed E-state index contributed by atoms with van der Waals surface area (Å²) in [5.41, 5.74) is -0.0762. The van der Waals surface area contributed by atoms with Crippen molar-refractivity contribution >= 4 is 10.0 Å². The Hall–Kier alpha value is -2.89. The van der Waals surface area contributed by atoms with Crippen LogP contribution in [0, 0.1) is 0 Å². The Morgan fingerprint density at radius 1 is 1.00 bits per heavy atom. The fraction of sp³-hybridized carbons (Fsp3) is 0.348. The first-order valence-electron chi connectivity index (χ1n) is 10.5. The quantitative estimate of drug-likeness (QED) is 0.428. The number of halogens is 3. The Morgan fingerprint density at radius 2 is 1.65 bits per heavy atom. The van der Waals surface area contributed by atoms with Crippen molar-refractivity contribution in [1.82, 2.24) is 18.8 Å².